The van der Waals surface area contributed by atoms with E-state index < -0.39 is 11.4 Å². The summed E-state index contributed by atoms with van der Waals surface area (Å²) in [5, 5.41) is 8.67. The van der Waals surface area contributed by atoms with Crippen LogP contribution in [0.15, 0.2) is 0 Å². The van der Waals surface area contributed by atoms with Crippen LogP contribution in [-0.2, 0) is 4.79 Å². The maximum absolute atomic E-state index is 10.5. The highest BCUT2D eigenvalue weighted by Gasteiger charge is 2.25. The van der Waals surface area contributed by atoms with Crippen LogP contribution in [0.25, 0.3) is 0 Å². The first-order chi connectivity index (χ1) is 4.50. The lowest BCUT2D eigenvalue weighted by Gasteiger charge is -2.17. The van der Waals surface area contributed by atoms with E-state index in [0.29, 0.717) is 0 Å². The van der Waals surface area contributed by atoms with Gasteiger partial charge in [0.2, 0.25) is 0 Å². The summed E-state index contributed by atoms with van der Waals surface area (Å²) < 4.78 is 0. The molecule has 0 rings (SSSR count). The van der Waals surface area contributed by atoms with E-state index in [2.05, 4.69) is 6.92 Å². The molecule has 0 aliphatic carbocycles. The lowest BCUT2D eigenvalue weighted by molar-refractivity contribution is -0.147. The molecule has 0 unspecified atom stereocenters. The first kappa shape index (κ1) is 13.6. The number of carbonyl (C=O) groups is 1. The van der Waals surface area contributed by atoms with Crippen molar-refractivity contribution in [1.82, 2.24) is 0 Å². The molecule has 0 saturated heterocycles. The van der Waals surface area contributed by atoms with Gasteiger partial charge in [0.25, 0.3) is 0 Å². The van der Waals surface area contributed by atoms with Crippen molar-refractivity contribution in [2.24, 2.45) is 5.41 Å². The van der Waals surface area contributed by atoms with Gasteiger partial charge in [0.1, 0.15) is 0 Å². The summed E-state index contributed by atoms with van der Waals surface area (Å²) in [6.07, 6.45) is 2.84. The third-order valence-electron chi connectivity index (χ3n) is 1.73. The summed E-state index contributed by atoms with van der Waals surface area (Å²) in [5.74, 6) is -0.694. The van der Waals surface area contributed by atoms with Gasteiger partial charge in [-0.25, -0.2) is 0 Å². The Morgan fingerprint density at radius 2 is 1.91 bits per heavy atom. The fourth-order valence-electron chi connectivity index (χ4n) is 0.726. The van der Waals surface area contributed by atoms with Crippen molar-refractivity contribution in [2.45, 2.75) is 40.0 Å². The second-order valence-corrected chi connectivity index (χ2v) is 3.29. The summed E-state index contributed by atoms with van der Waals surface area (Å²) in [4.78, 5) is 10.5. The van der Waals surface area contributed by atoms with E-state index >= 15 is 0 Å². The number of hydrogen-bond acceptors (Lipinski definition) is 1. The molecule has 0 atom stereocenters. The van der Waals surface area contributed by atoms with Gasteiger partial charge in [-0.2, -0.15) is 0 Å². The predicted molar refractivity (Wildman–Crippen MR) is 50.9 cm³/mol. The Morgan fingerprint density at radius 1 is 1.45 bits per heavy atom. The molecule has 1 N–H and O–H groups in total. The Hall–Kier alpha value is 0.00247. The van der Waals surface area contributed by atoms with Gasteiger partial charge in [-0.1, -0.05) is 19.8 Å². The third-order valence-corrected chi connectivity index (χ3v) is 1.73. The Labute approximate surface area is 79.1 Å². The van der Waals surface area contributed by atoms with Gasteiger partial charge in [-0.15, -0.1) is 0 Å². The minimum absolute atomic E-state index is 0. The molecule has 0 saturated carbocycles. The zero-order chi connectivity index (χ0) is 8.20. The Kier molecular flexibility index (Phi) is 6.95. The van der Waals surface area contributed by atoms with Gasteiger partial charge >= 0.3 is 5.97 Å². The number of carboxylic acids is 1. The van der Waals surface area contributed by atoms with Gasteiger partial charge in [-0.05, 0) is 20.3 Å². The van der Waals surface area contributed by atoms with Crippen LogP contribution in [0, 0.1) is 5.41 Å². The molecule has 66 valence electrons. The topological polar surface area (TPSA) is 37.3 Å². The number of hydrogen-bond donors (Lipinski definition) is 1. The summed E-state index contributed by atoms with van der Waals surface area (Å²) in [6, 6.07) is 0. The normalized spacial score (nSPS) is 10.5. The number of aliphatic carboxylic acids is 1. The lowest BCUT2D eigenvalue weighted by Crippen LogP contribution is -2.23. The highest BCUT2D eigenvalue weighted by atomic mass is 27.0. The Bertz CT molecular complexity index is 121. The molecule has 0 radical (unpaired) electrons. The van der Waals surface area contributed by atoms with Gasteiger partial charge in [0, 0.05) is 0 Å². The molecule has 0 bridgehead atoms. The first-order valence-corrected chi connectivity index (χ1v) is 3.74. The van der Waals surface area contributed by atoms with E-state index in [1.54, 1.807) is 13.8 Å². The third kappa shape index (κ3) is 5.29. The second-order valence-electron chi connectivity index (χ2n) is 3.29. The predicted octanol–water partition coefficient (Wildman–Crippen LogP) is 1.10. The molecule has 0 aliphatic rings. The van der Waals surface area contributed by atoms with Crippen molar-refractivity contribution in [3.8, 4) is 0 Å². The van der Waals surface area contributed by atoms with Crippen molar-refractivity contribution >= 4 is 23.3 Å². The van der Waals surface area contributed by atoms with Crippen LogP contribution >= 0.6 is 0 Å². The molecule has 0 aromatic heterocycles. The molecular weight excluding hydrogens is 155 g/mol. The average Bonchev–Trinajstić information content (AvgIpc) is 1.84. The van der Waals surface area contributed by atoms with Gasteiger partial charge < -0.3 is 5.11 Å². The lowest BCUT2D eigenvalue weighted by atomic mass is 9.88. The van der Waals surface area contributed by atoms with E-state index in [-0.39, 0.29) is 17.4 Å². The minimum Gasteiger partial charge on any atom is -0.481 e. The molecule has 0 aromatic rings. The molecule has 0 aromatic carbocycles. The molecule has 2 nitrogen and oxygen atoms in total. The summed E-state index contributed by atoms with van der Waals surface area (Å²) >= 11 is 0. The number of carboxylic acid groups (broad SMARTS) is 1. The zero-order valence-electron chi connectivity index (χ0n) is 6.98. The smallest absolute Gasteiger partial charge is 0.309 e. The second kappa shape index (κ2) is 5.63. The molecule has 0 fully saturated rings. The van der Waals surface area contributed by atoms with Crippen LogP contribution in [-0.4, -0.2) is 28.4 Å². The van der Waals surface area contributed by atoms with Crippen molar-refractivity contribution < 1.29 is 9.90 Å². The standard InChI is InChI=1S/C8H16O2.Al.3H/c1-4-5-6-8(2,3)7(9)10;;;;/h4-6H2,1-3H3,(H,9,10);;;;. The van der Waals surface area contributed by atoms with Gasteiger partial charge in [0.15, 0.2) is 17.4 Å². The summed E-state index contributed by atoms with van der Waals surface area (Å²) in [6.45, 7) is 5.61. The summed E-state index contributed by atoms with van der Waals surface area (Å²) in [5.41, 5.74) is -0.532. The highest BCUT2D eigenvalue weighted by molar-refractivity contribution is 5.75. The van der Waals surface area contributed by atoms with Crippen LogP contribution in [0.2, 0.25) is 0 Å². The van der Waals surface area contributed by atoms with Crippen LogP contribution in [0.1, 0.15) is 40.0 Å². The largest absolute Gasteiger partial charge is 0.481 e. The summed E-state index contributed by atoms with van der Waals surface area (Å²) in [7, 11) is 0. The molecule has 0 aliphatic heterocycles. The minimum atomic E-state index is -0.694. The van der Waals surface area contributed by atoms with E-state index in [1.807, 2.05) is 0 Å². The van der Waals surface area contributed by atoms with Crippen LogP contribution < -0.4 is 0 Å². The Balaban J connectivity index is 0. The van der Waals surface area contributed by atoms with Crippen LogP contribution in [0.4, 0.5) is 0 Å². The van der Waals surface area contributed by atoms with Gasteiger partial charge in [0.05, 0.1) is 5.41 Å². The fraction of sp³-hybridized carbons (Fsp3) is 0.875. The molecule has 0 spiro atoms. The SMILES string of the molecule is CCCCC(C)(C)C(=O)O.[AlH3]. The van der Waals surface area contributed by atoms with Crippen LogP contribution in [0.5, 0.6) is 0 Å². The van der Waals surface area contributed by atoms with E-state index in [1.165, 1.54) is 0 Å². The number of rotatable bonds is 4. The van der Waals surface area contributed by atoms with Crippen molar-refractivity contribution in [2.75, 3.05) is 0 Å². The van der Waals surface area contributed by atoms with Crippen LogP contribution in [0.3, 0.4) is 0 Å². The van der Waals surface area contributed by atoms with E-state index in [4.69, 9.17) is 5.11 Å². The van der Waals surface area contributed by atoms with E-state index in [0.717, 1.165) is 19.3 Å². The van der Waals surface area contributed by atoms with Crippen molar-refractivity contribution in [3.63, 3.8) is 0 Å². The van der Waals surface area contributed by atoms with Gasteiger partial charge in [-0.3, -0.25) is 4.79 Å². The van der Waals surface area contributed by atoms with Crippen molar-refractivity contribution in [3.05, 3.63) is 0 Å². The molecule has 0 amide bonds. The molecular formula is C8H19AlO2. The highest BCUT2D eigenvalue weighted by Crippen LogP contribution is 2.22. The fourth-order valence-corrected chi connectivity index (χ4v) is 0.726. The average molecular weight is 174 g/mol. The maximum atomic E-state index is 10.5. The molecule has 11 heavy (non-hydrogen) atoms. The molecule has 0 heterocycles. The molecule has 3 heteroatoms. The zero-order valence-corrected chi connectivity index (χ0v) is 6.98. The maximum Gasteiger partial charge on any atom is 0.309 e. The quantitative estimate of drug-likeness (QED) is 0.648. The monoisotopic (exact) mass is 174 g/mol. The Morgan fingerprint density at radius 3 is 2.18 bits per heavy atom. The van der Waals surface area contributed by atoms with Crippen molar-refractivity contribution in [1.29, 1.82) is 0 Å². The number of unbranched alkanes of at least 4 members (excludes halogenated alkanes) is 1. The van der Waals surface area contributed by atoms with E-state index in [9.17, 15) is 4.79 Å². The first-order valence-electron chi connectivity index (χ1n) is 3.74.